The summed E-state index contributed by atoms with van der Waals surface area (Å²) < 4.78 is 0. The SMILES string of the molecule is O=CC(CS)NCc1ccccc1. The first-order chi connectivity index (χ1) is 6.36. The Morgan fingerprint density at radius 2 is 2.08 bits per heavy atom. The van der Waals surface area contributed by atoms with Gasteiger partial charge >= 0.3 is 0 Å². The first kappa shape index (κ1) is 10.3. The molecule has 0 saturated heterocycles. The van der Waals surface area contributed by atoms with Crippen LogP contribution in [-0.2, 0) is 11.3 Å². The van der Waals surface area contributed by atoms with Gasteiger partial charge in [-0.05, 0) is 5.56 Å². The van der Waals surface area contributed by atoms with Gasteiger partial charge in [-0.15, -0.1) is 0 Å². The van der Waals surface area contributed by atoms with Crippen molar-refractivity contribution in [3.63, 3.8) is 0 Å². The Labute approximate surface area is 83.8 Å². The maximum Gasteiger partial charge on any atom is 0.137 e. The van der Waals surface area contributed by atoms with Crippen LogP contribution in [0.4, 0.5) is 0 Å². The molecule has 0 aliphatic carbocycles. The van der Waals surface area contributed by atoms with Crippen molar-refractivity contribution < 1.29 is 4.79 Å². The fourth-order valence-corrected chi connectivity index (χ4v) is 1.22. The number of hydrogen-bond acceptors (Lipinski definition) is 3. The number of carbonyl (C=O) groups excluding carboxylic acids is 1. The van der Waals surface area contributed by atoms with Crippen molar-refractivity contribution >= 4 is 18.9 Å². The highest BCUT2D eigenvalue weighted by Crippen LogP contribution is 1.97. The van der Waals surface area contributed by atoms with E-state index in [-0.39, 0.29) is 6.04 Å². The van der Waals surface area contributed by atoms with Crippen LogP contribution >= 0.6 is 12.6 Å². The van der Waals surface area contributed by atoms with Gasteiger partial charge in [0.25, 0.3) is 0 Å². The van der Waals surface area contributed by atoms with Crippen molar-refractivity contribution in [2.45, 2.75) is 12.6 Å². The van der Waals surface area contributed by atoms with Crippen molar-refractivity contribution in [1.82, 2.24) is 5.32 Å². The number of aldehydes is 1. The van der Waals surface area contributed by atoms with Crippen molar-refractivity contribution in [2.75, 3.05) is 5.75 Å². The van der Waals surface area contributed by atoms with E-state index < -0.39 is 0 Å². The molecule has 0 heterocycles. The molecule has 0 fully saturated rings. The van der Waals surface area contributed by atoms with Crippen LogP contribution in [-0.4, -0.2) is 18.1 Å². The Kier molecular flexibility index (Phi) is 4.57. The minimum Gasteiger partial charge on any atom is -0.303 e. The zero-order valence-corrected chi connectivity index (χ0v) is 8.21. The molecule has 13 heavy (non-hydrogen) atoms. The third-order valence-corrected chi connectivity index (χ3v) is 2.17. The highest BCUT2D eigenvalue weighted by molar-refractivity contribution is 7.80. The predicted molar refractivity (Wildman–Crippen MR) is 57.0 cm³/mol. The minimum atomic E-state index is -0.150. The van der Waals surface area contributed by atoms with Gasteiger partial charge in [-0.1, -0.05) is 30.3 Å². The molecular weight excluding hydrogens is 182 g/mol. The Bertz CT molecular complexity index is 250. The molecule has 3 heteroatoms. The summed E-state index contributed by atoms with van der Waals surface area (Å²) in [7, 11) is 0. The lowest BCUT2D eigenvalue weighted by atomic mass is 10.2. The fourth-order valence-electron chi connectivity index (χ4n) is 1.00. The van der Waals surface area contributed by atoms with Crippen LogP contribution in [0.2, 0.25) is 0 Å². The molecule has 1 rings (SSSR count). The van der Waals surface area contributed by atoms with Crippen LogP contribution in [0.5, 0.6) is 0 Å². The molecule has 1 aromatic rings. The maximum absolute atomic E-state index is 10.4. The average Bonchev–Trinajstić information content (AvgIpc) is 2.21. The molecule has 1 unspecified atom stereocenters. The van der Waals surface area contributed by atoms with Gasteiger partial charge in [0.1, 0.15) is 6.29 Å². The predicted octanol–water partition coefficient (Wildman–Crippen LogP) is 1.27. The lowest BCUT2D eigenvalue weighted by molar-refractivity contribution is -0.109. The second-order valence-corrected chi connectivity index (χ2v) is 3.16. The fraction of sp³-hybridized carbons (Fsp3) is 0.300. The molecule has 0 saturated carbocycles. The van der Waals surface area contributed by atoms with E-state index in [2.05, 4.69) is 17.9 Å². The summed E-state index contributed by atoms with van der Waals surface area (Å²) in [6, 6.07) is 9.82. The van der Waals surface area contributed by atoms with Gasteiger partial charge in [0.2, 0.25) is 0 Å². The van der Waals surface area contributed by atoms with Crippen LogP contribution in [0, 0.1) is 0 Å². The van der Waals surface area contributed by atoms with Gasteiger partial charge in [-0.3, -0.25) is 0 Å². The first-order valence-corrected chi connectivity index (χ1v) is 4.83. The normalized spacial score (nSPS) is 12.4. The zero-order valence-electron chi connectivity index (χ0n) is 7.31. The number of benzene rings is 1. The second-order valence-electron chi connectivity index (χ2n) is 2.79. The van der Waals surface area contributed by atoms with Gasteiger partial charge in [0.05, 0.1) is 6.04 Å². The molecule has 1 aromatic carbocycles. The molecule has 70 valence electrons. The molecule has 0 amide bonds. The lowest BCUT2D eigenvalue weighted by Crippen LogP contribution is -2.31. The highest BCUT2D eigenvalue weighted by Gasteiger charge is 2.02. The summed E-state index contributed by atoms with van der Waals surface area (Å²) in [5.74, 6) is 0.538. The topological polar surface area (TPSA) is 29.1 Å². The number of thiol groups is 1. The Morgan fingerprint density at radius 3 is 2.62 bits per heavy atom. The van der Waals surface area contributed by atoms with Crippen LogP contribution in [0.15, 0.2) is 30.3 Å². The average molecular weight is 195 g/mol. The molecule has 0 radical (unpaired) electrons. The van der Waals surface area contributed by atoms with Crippen molar-refractivity contribution in [2.24, 2.45) is 0 Å². The Morgan fingerprint density at radius 1 is 1.38 bits per heavy atom. The maximum atomic E-state index is 10.4. The van der Waals surface area contributed by atoms with Crippen LogP contribution in [0.1, 0.15) is 5.56 Å². The van der Waals surface area contributed by atoms with E-state index in [1.165, 1.54) is 5.56 Å². The van der Waals surface area contributed by atoms with Crippen molar-refractivity contribution in [1.29, 1.82) is 0 Å². The molecule has 0 aliphatic heterocycles. The van der Waals surface area contributed by atoms with Gasteiger partial charge in [-0.2, -0.15) is 12.6 Å². The number of rotatable bonds is 5. The molecule has 0 bridgehead atoms. The van der Waals surface area contributed by atoms with Gasteiger partial charge < -0.3 is 10.1 Å². The largest absolute Gasteiger partial charge is 0.303 e. The number of carbonyl (C=O) groups is 1. The standard InChI is InChI=1S/C10H13NOS/c12-7-10(8-13)11-6-9-4-2-1-3-5-9/h1-5,7,10-11,13H,6,8H2. The number of nitrogens with one attached hydrogen (secondary N) is 1. The molecule has 1 atom stereocenters. The molecule has 2 nitrogen and oxygen atoms in total. The van der Waals surface area contributed by atoms with Gasteiger partial charge in [-0.25, -0.2) is 0 Å². The van der Waals surface area contributed by atoms with E-state index in [4.69, 9.17) is 0 Å². The molecule has 0 aromatic heterocycles. The quantitative estimate of drug-likeness (QED) is 0.547. The molecule has 0 aliphatic rings. The van der Waals surface area contributed by atoms with Crippen molar-refractivity contribution in [3.8, 4) is 0 Å². The lowest BCUT2D eigenvalue weighted by Gasteiger charge is -2.08. The van der Waals surface area contributed by atoms with Gasteiger partial charge in [0, 0.05) is 12.3 Å². The van der Waals surface area contributed by atoms with Crippen LogP contribution in [0.25, 0.3) is 0 Å². The van der Waals surface area contributed by atoms with Gasteiger partial charge in [0.15, 0.2) is 0 Å². The third kappa shape index (κ3) is 3.61. The third-order valence-electron chi connectivity index (χ3n) is 1.77. The van der Waals surface area contributed by atoms with E-state index in [9.17, 15) is 4.79 Å². The van der Waals surface area contributed by atoms with E-state index in [1.54, 1.807) is 0 Å². The molecule has 0 spiro atoms. The summed E-state index contributed by atoms with van der Waals surface area (Å²) >= 11 is 4.05. The summed E-state index contributed by atoms with van der Waals surface area (Å²) in [4.78, 5) is 10.4. The first-order valence-electron chi connectivity index (χ1n) is 4.20. The van der Waals surface area contributed by atoms with Crippen LogP contribution < -0.4 is 5.32 Å². The molecular formula is C10H13NOS. The van der Waals surface area contributed by atoms with Crippen molar-refractivity contribution in [3.05, 3.63) is 35.9 Å². The zero-order chi connectivity index (χ0) is 9.52. The van der Waals surface area contributed by atoms with E-state index >= 15 is 0 Å². The number of hydrogen-bond donors (Lipinski definition) is 2. The minimum absolute atomic E-state index is 0.150. The highest BCUT2D eigenvalue weighted by atomic mass is 32.1. The van der Waals surface area contributed by atoms with E-state index in [0.29, 0.717) is 12.3 Å². The smallest absolute Gasteiger partial charge is 0.137 e. The van der Waals surface area contributed by atoms with E-state index in [1.807, 2.05) is 30.3 Å². The second kappa shape index (κ2) is 5.78. The summed E-state index contributed by atoms with van der Waals surface area (Å²) in [6.07, 6.45) is 0.885. The summed E-state index contributed by atoms with van der Waals surface area (Å²) in [6.45, 7) is 0.713. The monoisotopic (exact) mass is 195 g/mol. The Balaban J connectivity index is 2.38. The van der Waals surface area contributed by atoms with Crippen LogP contribution in [0.3, 0.4) is 0 Å². The van der Waals surface area contributed by atoms with E-state index in [0.717, 1.165) is 6.29 Å². The summed E-state index contributed by atoms with van der Waals surface area (Å²) in [5, 5.41) is 3.09. The summed E-state index contributed by atoms with van der Waals surface area (Å²) in [5.41, 5.74) is 1.18. The Hall–Kier alpha value is -0.800. The molecule has 1 N–H and O–H groups in total.